The zero-order chi connectivity index (χ0) is 13.0. The van der Waals surface area contributed by atoms with Crippen molar-refractivity contribution in [3.8, 4) is 0 Å². The van der Waals surface area contributed by atoms with Crippen molar-refractivity contribution in [1.82, 2.24) is 9.78 Å². The van der Waals surface area contributed by atoms with Crippen molar-refractivity contribution in [2.45, 2.75) is 64.8 Å². The van der Waals surface area contributed by atoms with Gasteiger partial charge in [0, 0.05) is 24.6 Å². The smallest absolute Gasteiger partial charge is 0.136 e. The highest BCUT2D eigenvalue weighted by Gasteiger charge is 2.22. The number of carbonyl (C=O) groups excluding carboxylic acids is 1. The lowest BCUT2D eigenvalue weighted by atomic mass is 9.98. The molecule has 0 saturated heterocycles. The molecular weight excluding hydrogens is 224 g/mol. The molecule has 0 amide bonds. The number of Topliss-reactive ketones (excluding diaryl/α,β-unsaturated/α-hetero) is 1. The van der Waals surface area contributed by atoms with Gasteiger partial charge in [0.1, 0.15) is 5.78 Å². The van der Waals surface area contributed by atoms with Crippen molar-refractivity contribution < 1.29 is 4.79 Å². The highest BCUT2D eigenvalue weighted by Crippen LogP contribution is 2.26. The number of aromatic nitrogens is 2. The van der Waals surface area contributed by atoms with E-state index in [4.69, 9.17) is 0 Å². The Bertz CT molecular complexity index is 391. The first-order chi connectivity index (χ1) is 8.70. The Labute approximate surface area is 110 Å². The molecule has 0 aliphatic heterocycles. The van der Waals surface area contributed by atoms with Crippen LogP contribution in [0, 0.1) is 5.92 Å². The van der Waals surface area contributed by atoms with Gasteiger partial charge in [-0.05, 0) is 38.7 Å². The molecule has 100 valence electrons. The van der Waals surface area contributed by atoms with Crippen LogP contribution in [0.15, 0.2) is 12.3 Å². The minimum Gasteiger partial charge on any atom is -0.299 e. The van der Waals surface area contributed by atoms with Gasteiger partial charge < -0.3 is 0 Å². The molecule has 1 heterocycles. The summed E-state index contributed by atoms with van der Waals surface area (Å²) in [6.07, 6.45) is 9.28. The number of hydrogen-bond donors (Lipinski definition) is 0. The number of rotatable bonds is 6. The molecular formula is C15H24N2O. The first-order valence-electron chi connectivity index (χ1n) is 7.27. The standard InChI is InChI=1S/C15H24N2O/c1-3-12(2)17-11-10-14(16-17)8-9-15(18)13-6-4-5-7-13/h10-13H,3-9H2,1-2H3. The van der Waals surface area contributed by atoms with Gasteiger partial charge in [-0.1, -0.05) is 19.8 Å². The molecule has 0 radical (unpaired) electrons. The minimum atomic E-state index is 0.349. The lowest BCUT2D eigenvalue weighted by Crippen LogP contribution is -2.12. The van der Waals surface area contributed by atoms with Crippen LogP contribution < -0.4 is 0 Å². The number of aryl methyl sites for hydroxylation is 1. The third-order valence-corrected chi connectivity index (χ3v) is 4.14. The lowest BCUT2D eigenvalue weighted by Gasteiger charge is -2.08. The van der Waals surface area contributed by atoms with Crippen LogP contribution in [0.2, 0.25) is 0 Å². The van der Waals surface area contributed by atoms with Gasteiger partial charge >= 0.3 is 0 Å². The van der Waals surface area contributed by atoms with Crippen molar-refractivity contribution in [3.05, 3.63) is 18.0 Å². The molecule has 0 N–H and O–H groups in total. The Balaban J connectivity index is 1.82. The van der Waals surface area contributed by atoms with Crippen LogP contribution in [0.3, 0.4) is 0 Å². The lowest BCUT2D eigenvalue weighted by molar-refractivity contribution is -0.122. The molecule has 0 aromatic carbocycles. The van der Waals surface area contributed by atoms with Crippen molar-refractivity contribution in [1.29, 1.82) is 0 Å². The number of hydrogen-bond acceptors (Lipinski definition) is 2. The average Bonchev–Trinajstić information content (AvgIpc) is 3.05. The van der Waals surface area contributed by atoms with Crippen molar-refractivity contribution in [2.24, 2.45) is 5.92 Å². The Kier molecular flexibility index (Phi) is 4.56. The quantitative estimate of drug-likeness (QED) is 0.771. The summed E-state index contributed by atoms with van der Waals surface area (Å²) < 4.78 is 2.01. The molecule has 1 fully saturated rings. The van der Waals surface area contributed by atoms with Gasteiger partial charge in [0.15, 0.2) is 0 Å². The molecule has 1 atom stereocenters. The van der Waals surface area contributed by atoms with E-state index in [1.165, 1.54) is 12.8 Å². The second kappa shape index (κ2) is 6.17. The molecule has 18 heavy (non-hydrogen) atoms. The monoisotopic (exact) mass is 248 g/mol. The number of ketones is 1. The molecule has 1 aromatic rings. The van der Waals surface area contributed by atoms with Crippen molar-refractivity contribution in [2.75, 3.05) is 0 Å². The molecule has 3 heteroatoms. The third kappa shape index (κ3) is 3.21. The maximum Gasteiger partial charge on any atom is 0.136 e. The SMILES string of the molecule is CCC(C)n1ccc(CCC(=O)C2CCCC2)n1. The highest BCUT2D eigenvalue weighted by molar-refractivity contribution is 5.81. The molecule has 3 nitrogen and oxygen atoms in total. The van der Waals surface area contributed by atoms with Gasteiger partial charge in [0.25, 0.3) is 0 Å². The predicted octanol–water partition coefficient (Wildman–Crippen LogP) is 3.55. The fraction of sp³-hybridized carbons (Fsp3) is 0.733. The van der Waals surface area contributed by atoms with E-state index in [9.17, 15) is 4.79 Å². The predicted molar refractivity (Wildman–Crippen MR) is 72.5 cm³/mol. The molecule has 1 aromatic heterocycles. The van der Waals surface area contributed by atoms with Crippen LogP contribution in [-0.2, 0) is 11.2 Å². The normalized spacial score (nSPS) is 18.1. The Morgan fingerprint density at radius 1 is 1.50 bits per heavy atom. The largest absolute Gasteiger partial charge is 0.299 e. The van der Waals surface area contributed by atoms with E-state index in [1.807, 2.05) is 16.9 Å². The van der Waals surface area contributed by atoms with Gasteiger partial charge in [-0.15, -0.1) is 0 Å². The second-order valence-corrected chi connectivity index (χ2v) is 5.49. The fourth-order valence-electron chi connectivity index (χ4n) is 2.65. The van der Waals surface area contributed by atoms with Crippen LogP contribution in [0.1, 0.15) is 64.1 Å². The Morgan fingerprint density at radius 2 is 2.22 bits per heavy atom. The van der Waals surface area contributed by atoms with E-state index in [0.717, 1.165) is 31.4 Å². The maximum absolute atomic E-state index is 12.0. The second-order valence-electron chi connectivity index (χ2n) is 5.49. The van der Waals surface area contributed by atoms with Crippen LogP contribution >= 0.6 is 0 Å². The Hall–Kier alpha value is -1.12. The van der Waals surface area contributed by atoms with Crippen molar-refractivity contribution in [3.63, 3.8) is 0 Å². The summed E-state index contributed by atoms with van der Waals surface area (Å²) in [7, 11) is 0. The van der Waals surface area contributed by atoms with Gasteiger partial charge in [-0.3, -0.25) is 9.48 Å². The van der Waals surface area contributed by atoms with E-state index in [1.54, 1.807) is 0 Å². The zero-order valence-corrected chi connectivity index (χ0v) is 11.6. The summed E-state index contributed by atoms with van der Waals surface area (Å²) in [5.41, 5.74) is 1.06. The molecule has 1 saturated carbocycles. The summed E-state index contributed by atoms with van der Waals surface area (Å²) in [6.45, 7) is 4.33. The van der Waals surface area contributed by atoms with Gasteiger partial charge in [-0.2, -0.15) is 5.10 Å². The third-order valence-electron chi connectivity index (χ3n) is 4.14. The summed E-state index contributed by atoms with van der Waals surface area (Å²) in [4.78, 5) is 12.0. The summed E-state index contributed by atoms with van der Waals surface area (Å²) in [5, 5.41) is 4.54. The maximum atomic E-state index is 12.0. The summed E-state index contributed by atoms with van der Waals surface area (Å²) >= 11 is 0. The summed E-state index contributed by atoms with van der Waals surface area (Å²) in [6, 6.07) is 2.50. The zero-order valence-electron chi connectivity index (χ0n) is 11.6. The van der Waals surface area contributed by atoms with E-state index < -0.39 is 0 Å². The van der Waals surface area contributed by atoms with Crippen molar-refractivity contribution >= 4 is 5.78 Å². The van der Waals surface area contributed by atoms with Gasteiger partial charge in [0.2, 0.25) is 0 Å². The number of carbonyl (C=O) groups is 1. The first kappa shape index (κ1) is 13.3. The van der Waals surface area contributed by atoms with Crippen LogP contribution in [0.5, 0.6) is 0 Å². The minimum absolute atomic E-state index is 0.349. The van der Waals surface area contributed by atoms with Gasteiger partial charge in [-0.25, -0.2) is 0 Å². The number of nitrogens with zero attached hydrogens (tertiary/aromatic N) is 2. The topological polar surface area (TPSA) is 34.9 Å². The molecule has 1 unspecified atom stereocenters. The van der Waals surface area contributed by atoms with E-state index in [-0.39, 0.29) is 0 Å². The first-order valence-corrected chi connectivity index (χ1v) is 7.27. The molecule has 1 aliphatic rings. The molecule has 1 aliphatic carbocycles. The van der Waals surface area contributed by atoms with Crippen LogP contribution in [-0.4, -0.2) is 15.6 Å². The Morgan fingerprint density at radius 3 is 2.89 bits per heavy atom. The van der Waals surface area contributed by atoms with Crippen LogP contribution in [0.25, 0.3) is 0 Å². The molecule has 2 rings (SSSR count). The van der Waals surface area contributed by atoms with E-state index >= 15 is 0 Å². The highest BCUT2D eigenvalue weighted by atomic mass is 16.1. The molecule has 0 bridgehead atoms. The molecule has 0 spiro atoms. The fourth-order valence-corrected chi connectivity index (χ4v) is 2.65. The summed E-state index contributed by atoms with van der Waals surface area (Å²) in [5.74, 6) is 0.798. The van der Waals surface area contributed by atoms with Gasteiger partial charge in [0.05, 0.1) is 5.69 Å². The average molecular weight is 248 g/mol. The van der Waals surface area contributed by atoms with Crippen LogP contribution in [0.4, 0.5) is 0 Å². The van der Waals surface area contributed by atoms with E-state index in [2.05, 4.69) is 18.9 Å². The van der Waals surface area contributed by atoms with E-state index in [0.29, 0.717) is 24.2 Å².